The number of ketones is 1. The summed E-state index contributed by atoms with van der Waals surface area (Å²) in [6.07, 6.45) is 3.23. The molecule has 4 rings (SSSR count). The van der Waals surface area contributed by atoms with Crippen LogP contribution in [0.3, 0.4) is 0 Å². The van der Waals surface area contributed by atoms with Gasteiger partial charge in [-0.05, 0) is 41.9 Å². The fourth-order valence-electron chi connectivity index (χ4n) is 4.49. The summed E-state index contributed by atoms with van der Waals surface area (Å²) in [6, 6.07) is 5.31. The SMILES string of the molecule is C=C1c2cccc(OC)c2C(=O)c2c(O)c3c(c(O)c21)C[C@](C)(CC)CC3. The zero-order valence-electron chi connectivity index (χ0n) is 16.0. The van der Waals surface area contributed by atoms with Crippen LogP contribution >= 0.6 is 0 Å². The number of carbonyl (C=O) groups excluding carboxylic acids is 1. The van der Waals surface area contributed by atoms with Gasteiger partial charge in [0.15, 0.2) is 0 Å². The highest BCUT2D eigenvalue weighted by Crippen LogP contribution is 2.52. The highest BCUT2D eigenvalue weighted by molar-refractivity contribution is 6.22. The first-order valence-corrected chi connectivity index (χ1v) is 9.34. The Balaban J connectivity index is 2.01. The van der Waals surface area contributed by atoms with Gasteiger partial charge in [-0.25, -0.2) is 0 Å². The van der Waals surface area contributed by atoms with Crippen LogP contribution in [-0.2, 0) is 12.8 Å². The normalized spacial score (nSPS) is 20.7. The first kappa shape index (κ1) is 17.7. The largest absolute Gasteiger partial charge is 0.507 e. The Kier molecular flexibility index (Phi) is 3.84. The molecule has 0 fully saturated rings. The third-order valence-electron chi connectivity index (χ3n) is 6.42. The molecule has 1 atom stereocenters. The Morgan fingerprint density at radius 1 is 1.15 bits per heavy atom. The summed E-state index contributed by atoms with van der Waals surface area (Å²) in [6.45, 7) is 8.48. The van der Waals surface area contributed by atoms with E-state index in [0.29, 0.717) is 46.4 Å². The van der Waals surface area contributed by atoms with Crippen LogP contribution in [0.25, 0.3) is 5.57 Å². The van der Waals surface area contributed by atoms with Gasteiger partial charge in [0.2, 0.25) is 5.78 Å². The zero-order valence-corrected chi connectivity index (χ0v) is 16.0. The van der Waals surface area contributed by atoms with Crippen LogP contribution < -0.4 is 4.74 Å². The van der Waals surface area contributed by atoms with Crippen molar-refractivity contribution in [1.82, 2.24) is 0 Å². The molecule has 2 aliphatic carbocycles. The fourth-order valence-corrected chi connectivity index (χ4v) is 4.49. The van der Waals surface area contributed by atoms with Crippen LogP contribution in [0.2, 0.25) is 0 Å². The van der Waals surface area contributed by atoms with Crippen molar-refractivity contribution in [3.8, 4) is 17.2 Å². The lowest BCUT2D eigenvalue weighted by Gasteiger charge is -2.36. The maximum absolute atomic E-state index is 13.3. The van der Waals surface area contributed by atoms with Gasteiger partial charge >= 0.3 is 0 Å². The van der Waals surface area contributed by atoms with Crippen LogP contribution in [0.5, 0.6) is 17.2 Å². The van der Waals surface area contributed by atoms with Crippen molar-refractivity contribution in [1.29, 1.82) is 0 Å². The minimum absolute atomic E-state index is 0.0151. The Labute approximate surface area is 159 Å². The van der Waals surface area contributed by atoms with Gasteiger partial charge in [-0.2, -0.15) is 0 Å². The van der Waals surface area contributed by atoms with Crippen molar-refractivity contribution in [2.45, 2.75) is 39.5 Å². The zero-order chi connectivity index (χ0) is 19.5. The van der Waals surface area contributed by atoms with E-state index in [0.717, 1.165) is 18.4 Å². The number of rotatable bonds is 2. The summed E-state index contributed by atoms with van der Waals surface area (Å²) in [5.74, 6) is 0.186. The molecule has 0 bridgehead atoms. The van der Waals surface area contributed by atoms with Crippen LogP contribution in [0, 0.1) is 5.41 Å². The molecule has 2 N–H and O–H groups in total. The highest BCUT2D eigenvalue weighted by atomic mass is 16.5. The molecule has 2 aromatic carbocycles. The standard InChI is InChI=1S/C23H24O4/c1-5-23(3)10-9-14-15(11-23)21(25)17-12(2)13-7-6-8-16(27-4)18(13)22(26)19(17)20(14)24/h6-8,24-25H,2,5,9-11H2,1,3-4H3/t23-/m1/s1. The molecule has 0 saturated carbocycles. The van der Waals surface area contributed by atoms with Gasteiger partial charge < -0.3 is 14.9 Å². The average molecular weight is 364 g/mol. The monoisotopic (exact) mass is 364 g/mol. The fraction of sp³-hybridized carbons (Fsp3) is 0.348. The summed E-state index contributed by atoms with van der Waals surface area (Å²) in [4.78, 5) is 13.3. The number of carbonyl (C=O) groups is 1. The quantitative estimate of drug-likeness (QED) is 0.651. The molecule has 0 saturated heterocycles. The van der Waals surface area contributed by atoms with Crippen LogP contribution in [0.15, 0.2) is 24.8 Å². The van der Waals surface area contributed by atoms with Crippen LogP contribution in [-0.4, -0.2) is 23.1 Å². The van der Waals surface area contributed by atoms with E-state index in [1.54, 1.807) is 18.2 Å². The Morgan fingerprint density at radius 3 is 2.52 bits per heavy atom. The van der Waals surface area contributed by atoms with E-state index in [4.69, 9.17) is 4.74 Å². The topological polar surface area (TPSA) is 66.8 Å². The molecule has 2 aromatic rings. The van der Waals surface area contributed by atoms with Crippen molar-refractivity contribution in [2.24, 2.45) is 5.41 Å². The molecular formula is C23H24O4. The third-order valence-corrected chi connectivity index (χ3v) is 6.42. The van der Waals surface area contributed by atoms with Crippen molar-refractivity contribution < 1.29 is 19.7 Å². The lowest BCUT2D eigenvalue weighted by Crippen LogP contribution is -2.27. The molecule has 4 heteroatoms. The maximum atomic E-state index is 13.3. The summed E-state index contributed by atoms with van der Waals surface area (Å²) < 4.78 is 5.36. The lowest BCUT2D eigenvalue weighted by molar-refractivity contribution is 0.103. The molecule has 0 spiro atoms. The van der Waals surface area contributed by atoms with E-state index < -0.39 is 0 Å². The van der Waals surface area contributed by atoms with E-state index in [-0.39, 0.29) is 28.3 Å². The van der Waals surface area contributed by atoms with Gasteiger partial charge in [0.25, 0.3) is 0 Å². The number of phenolic OH excluding ortho intramolecular Hbond substituents is 2. The molecule has 0 heterocycles. The first-order valence-electron chi connectivity index (χ1n) is 9.34. The maximum Gasteiger partial charge on any atom is 0.201 e. The van der Waals surface area contributed by atoms with Crippen molar-refractivity contribution in [3.63, 3.8) is 0 Å². The molecule has 0 aliphatic heterocycles. The van der Waals surface area contributed by atoms with Crippen LogP contribution in [0.4, 0.5) is 0 Å². The number of methoxy groups -OCH3 is 1. The summed E-state index contributed by atoms with van der Waals surface area (Å²) in [7, 11) is 1.51. The van der Waals surface area contributed by atoms with E-state index >= 15 is 0 Å². The van der Waals surface area contributed by atoms with E-state index in [9.17, 15) is 15.0 Å². The Morgan fingerprint density at radius 2 is 1.85 bits per heavy atom. The molecule has 0 unspecified atom stereocenters. The van der Waals surface area contributed by atoms with Gasteiger partial charge in [-0.15, -0.1) is 0 Å². The van der Waals surface area contributed by atoms with Gasteiger partial charge in [0, 0.05) is 16.7 Å². The average Bonchev–Trinajstić information content (AvgIpc) is 2.68. The molecule has 2 aliphatic rings. The lowest BCUT2D eigenvalue weighted by atomic mass is 9.68. The Hall–Kier alpha value is -2.75. The summed E-state index contributed by atoms with van der Waals surface area (Å²) in [5.41, 5.74) is 3.59. The molecule has 0 radical (unpaired) electrons. The molecule has 4 nitrogen and oxygen atoms in total. The minimum atomic E-state index is -0.329. The third kappa shape index (κ3) is 2.32. The predicted molar refractivity (Wildman–Crippen MR) is 105 cm³/mol. The number of hydrogen-bond donors (Lipinski definition) is 2. The number of hydrogen-bond acceptors (Lipinski definition) is 4. The predicted octanol–water partition coefficient (Wildman–Crippen LogP) is 4.62. The Bertz CT molecular complexity index is 1000. The molecular weight excluding hydrogens is 340 g/mol. The van der Waals surface area contributed by atoms with E-state index in [1.807, 2.05) is 0 Å². The van der Waals surface area contributed by atoms with E-state index in [2.05, 4.69) is 20.4 Å². The number of phenols is 2. The van der Waals surface area contributed by atoms with Gasteiger partial charge in [-0.3, -0.25) is 4.79 Å². The number of aromatic hydroxyl groups is 2. The molecule has 27 heavy (non-hydrogen) atoms. The number of fused-ring (bicyclic) bond motifs is 3. The van der Waals surface area contributed by atoms with Crippen LogP contribution in [0.1, 0.15) is 64.9 Å². The minimum Gasteiger partial charge on any atom is -0.507 e. The van der Waals surface area contributed by atoms with Gasteiger partial charge in [-0.1, -0.05) is 39.0 Å². The van der Waals surface area contributed by atoms with Gasteiger partial charge in [0.05, 0.1) is 18.2 Å². The smallest absolute Gasteiger partial charge is 0.201 e. The second-order valence-electron chi connectivity index (χ2n) is 7.94. The van der Waals surface area contributed by atoms with Crippen molar-refractivity contribution in [3.05, 3.63) is 58.2 Å². The summed E-state index contributed by atoms with van der Waals surface area (Å²) in [5, 5.41) is 22.1. The highest BCUT2D eigenvalue weighted by Gasteiger charge is 2.39. The molecule has 0 amide bonds. The number of benzene rings is 2. The first-order chi connectivity index (χ1) is 12.8. The van der Waals surface area contributed by atoms with Crippen molar-refractivity contribution in [2.75, 3.05) is 7.11 Å². The molecule has 140 valence electrons. The van der Waals surface area contributed by atoms with Gasteiger partial charge in [0.1, 0.15) is 17.2 Å². The second-order valence-corrected chi connectivity index (χ2v) is 7.94. The van der Waals surface area contributed by atoms with E-state index in [1.165, 1.54) is 7.11 Å². The van der Waals surface area contributed by atoms with Crippen molar-refractivity contribution >= 4 is 11.4 Å². The summed E-state index contributed by atoms with van der Waals surface area (Å²) >= 11 is 0. The number of ether oxygens (including phenoxy) is 1. The second kappa shape index (κ2) is 5.88. The molecule has 0 aromatic heterocycles.